The fraction of sp³-hybridized carbons (Fsp3) is 0.200. The van der Waals surface area contributed by atoms with Gasteiger partial charge >= 0.3 is 6.03 Å². The lowest BCUT2D eigenvalue weighted by Gasteiger charge is -1.85. The molecule has 4 heteroatoms. The average molecular weight is 127 g/mol. The van der Waals surface area contributed by atoms with Crippen LogP contribution in [-0.4, -0.2) is 12.2 Å². The van der Waals surface area contributed by atoms with E-state index in [9.17, 15) is 4.79 Å². The molecule has 0 aliphatic heterocycles. The fourth-order valence-electron chi connectivity index (χ4n) is 0.230. The molecule has 0 rings (SSSR count). The summed E-state index contributed by atoms with van der Waals surface area (Å²) in [4.78, 5) is 9.94. The zero-order valence-corrected chi connectivity index (χ0v) is 5.16. The Balaban J connectivity index is 3.36. The van der Waals surface area contributed by atoms with Gasteiger partial charge in [-0.15, -0.1) is 0 Å². The first-order valence-electron chi connectivity index (χ1n) is 2.47. The summed E-state index contributed by atoms with van der Waals surface area (Å²) in [5.74, 6) is 0. The zero-order valence-electron chi connectivity index (χ0n) is 5.16. The van der Waals surface area contributed by atoms with Crippen LogP contribution in [0.15, 0.2) is 17.3 Å². The fourth-order valence-corrected chi connectivity index (χ4v) is 0.230. The van der Waals surface area contributed by atoms with Crippen molar-refractivity contribution >= 4 is 12.2 Å². The number of primary amides is 1. The van der Waals surface area contributed by atoms with Gasteiger partial charge in [0.05, 0.1) is 0 Å². The number of nitrogens with zero attached hydrogens (tertiary/aromatic N) is 1. The van der Waals surface area contributed by atoms with Crippen molar-refractivity contribution in [2.45, 2.75) is 6.92 Å². The van der Waals surface area contributed by atoms with Crippen LogP contribution in [0.2, 0.25) is 0 Å². The van der Waals surface area contributed by atoms with Crippen molar-refractivity contribution in [1.29, 1.82) is 0 Å². The van der Waals surface area contributed by atoms with Crippen LogP contribution in [0.5, 0.6) is 0 Å². The lowest BCUT2D eigenvalue weighted by atomic mass is 10.6. The van der Waals surface area contributed by atoms with E-state index >= 15 is 0 Å². The number of carbonyl (C=O) groups excluding carboxylic acids is 1. The molecule has 0 saturated carbocycles. The van der Waals surface area contributed by atoms with Gasteiger partial charge in [-0.05, 0) is 13.0 Å². The maximum Gasteiger partial charge on any atom is 0.332 e. The minimum atomic E-state index is -0.657. The van der Waals surface area contributed by atoms with Crippen molar-refractivity contribution in [2.24, 2.45) is 10.8 Å². The highest BCUT2D eigenvalue weighted by Gasteiger charge is 1.79. The van der Waals surface area contributed by atoms with Gasteiger partial charge < -0.3 is 5.73 Å². The topological polar surface area (TPSA) is 67.5 Å². The van der Waals surface area contributed by atoms with E-state index < -0.39 is 6.03 Å². The Labute approximate surface area is 53.4 Å². The lowest BCUT2D eigenvalue weighted by molar-refractivity contribution is 0.249. The van der Waals surface area contributed by atoms with Crippen LogP contribution in [0.3, 0.4) is 0 Å². The molecule has 0 saturated heterocycles. The molecule has 4 nitrogen and oxygen atoms in total. The highest BCUT2D eigenvalue weighted by molar-refractivity contribution is 5.75. The van der Waals surface area contributed by atoms with Gasteiger partial charge in [0.1, 0.15) is 0 Å². The summed E-state index contributed by atoms with van der Waals surface area (Å²) in [5.41, 5.74) is 6.72. The van der Waals surface area contributed by atoms with Crippen molar-refractivity contribution in [2.75, 3.05) is 0 Å². The number of allylic oxidation sites excluding steroid dienone is 2. The monoisotopic (exact) mass is 127 g/mol. The summed E-state index contributed by atoms with van der Waals surface area (Å²) in [5, 5.41) is 3.42. The summed E-state index contributed by atoms with van der Waals surface area (Å²) >= 11 is 0. The van der Waals surface area contributed by atoms with Crippen molar-refractivity contribution < 1.29 is 4.79 Å². The molecule has 0 spiro atoms. The van der Waals surface area contributed by atoms with Crippen LogP contribution >= 0.6 is 0 Å². The van der Waals surface area contributed by atoms with Crippen LogP contribution in [0.1, 0.15) is 6.92 Å². The van der Waals surface area contributed by atoms with E-state index in [0.717, 1.165) is 0 Å². The first kappa shape index (κ1) is 7.68. The Hall–Kier alpha value is -1.32. The Morgan fingerprint density at radius 1 is 1.78 bits per heavy atom. The standard InChI is InChI=1S/C5H9N3O/c1-2-3-4-7-8-5(6)9/h2-4H,1H3,(H3,6,8,9)/b3-2-,7-4-. The Bertz CT molecular complexity index is 139. The molecule has 0 bridgehead atoms. The Morgan fingerprint density at radius 2 is 2.44 bits per heavy atom. The van der Waals surface area contributed by atoms with Crippen LogP contribution in [0.4, 0.5) is 4.79 Å². The molecule has 0 atom stereocenters. The number of nitrogens with one attached hydrogen (secondary N) is 1. The van der Waals surface area contributed by atoms with E-state index in [0.29, 0.717) is 0 Å². The van der Waals surface area contributed by atoms with Gasteiger partial charge in [0.15, 0.2) is 0 Å². The largest absolute Gasteiger partial charge is 0.350 e. The average Bonchev–Trinajstić information content (AvgIpc) is 1.80. The predicted molar refractivity (Wildman–Crippen MR) is 36.0 cm³/mol. The van der Waals surface area contributed by atoms with Crippen molar-refractivity contribution in [3.05, 3.63) is 12.2 Å². The van der Waals surface area contributed by atoms with Crippen molar-refractivity contribution in [3.63, 3.8) is 0 Å². The molecule has 0 unspecified atom stereocenters. The SMILES string of the molecule is C/C=C\C=N/NC(N)=O. The maximum atomic E-state index is 9.94. The first-order valence-corrected chi connectivity index (χ1v) is 2.47. The predicted octanol–water partition coefficient (Wildman–Crippen LogP) is 0.217. The third-order valence-electron chi connectivity index (χ3n) is 0.528. The molecular weight excluding hydrogens is 118 g/mol. The third kappa shape index (κ3) is 6.68. The molecule has 2 amide bonds. The molecule has 0 radical (unpaired) electrons. The third-order valence-corrected chi connectivity index (χ3v) is 0.528. The van der Waals surface area contributed by atoms with E-state index in [1.165, 1.54) is 6.21 Å². The number of urea groups is 1. The molecule has 0 aliphatic carbocycles. The van der Waals surface area contributed by atoms with Gasteiger partial charge in [0, 0.05) is 6.21 Å². The molecular formula is C5H9N3O. The molecule has 0 aromatic carbocycles. The van der Waals surface area contributed by atoms with E-state index in [-0.39, 0.29) is 0 Å². The Morgan fingerprint density at radius 3 is 2.89 bits per heavy atom. The molecule has 0 aliphatic rings. The van der Waals surface area contributed by atoms with Gasteiger partial charge in [-0.1, -0.05) is 6.08 Å². The second kappa shape index (κ2) is 4.83. The summed E-state index contributed by atoms with van der Waals surface area (Å²) in [6, 6.07) is -0.657. The van der Waals surface area contributed by atoms with E-state index in [1.54, 1.807) is 12.2 Å². The molecule has 3 N–H and O–H groups in total. The van der Waals surface area contributed by atoms with Crippen LogP contribution < -0.4 is 11.2 Å². The van der Waals surface area contributed by atoms with Gasteiger partial charge in [-0.3, -0.25) is 0 Å². The molecule has 0 fully saturated rings. The quantitative estimate of drug-likeness (QED) is 0.404. The number of rotatable bonds is 2. The van der Waals surface area contributed by atoms with Crippen LogP contribution in [-0.2, 0) is 0 Å². The molecule has 0 aromatic rings. The van der Waals surface area contributed by atoms with Gasteiger partial charge in [-0.2, -0.15) is 5.10 Å². The number of hydrazone groups is 1. The number of nitrogens with two attached hydrogens (primary N) is 1. The highest BCUT2D eigenvalue weighted by Crippen LogP contribution is 1.62. The van der Waals surface area contributed by atoms with Gasteiger partial charge in [0.2, 0.25) is 0 Å². The molecule has 50 valence electrons. The van der Waals surface area contributed by atoms with Gasteiger partial charge in [-0.25, -0.2) is 10.2 Å². The smallest absolute Gasteiger partial charge is 0.332 e. The Kier molecular flexibility index (Phi) is 4.12. The first-order chi connectivity index (χ1) is 4.27. The van der Waals surface area contributed by atoms with Crippen molar-refractivity contribution in [3.8, 4) is 0 Å². The molecule has 0 heterocycles. The zero-order chi connectivity index (χ0) is 7.11. The summed E-state index contributed by atoms with van der Waals surface area (Å²) < 4.78 is 0. The number of carbonyl (C=O) groups is 1. The second-order valence-corrected chi connectivity index (χ2v) is 1.28. The number of hydrogen-bond acceptors (Lipinski definition) is 2. The van der Waals surface area contributed by atoms with Crippen molar-refractivity contribution in [1.82, 2.24) is 5.43 Å². The van der Waals surface area contributed by atoms with E-state index in [2.05, 4.69) is 10.8 Å². The minimum absolute atomic E-state index is 0.657. The molecule has 9 heavy (non-hydrogen) atoms. The van der Waals surface area contributed by atoms with Crippen LogP contribution in [0.25, 0.3) is 0 Å². The van der Waals surface area contributed by atoms with Crippen LogP contribution in [0, 0.1) is 0 Å². The number of amides is 2. The number of hydrogen-bond donors (Lipinski definition) is 2. The maximum absolute atomic E-state index is 9.94. The lowest BCUT2D eigenvalue weighted by Crippen LogP contribution is -2.24. The summed E-state index contributed by atoms with van der Waals surface area (Å²) in [6.45, 7) is 1.84. The van der Waals surface area contributed by atoms with E-state index in [1.807, 2.05) is 12.3 Å². The highest BCUT2D eigenvalue weighted by atomic mass is 16.2. The van der Waals surface area contributed by atoms with Gasteiger partial charge in [0.25, 0.3) is 0 Å². The molecule has 0 aromatic heterocycles. The minimum Gasteiger partial charge on any atom is -0.350 e. The second-order valence-electron chi connectivity index (χ2n) is 1.28. The summed E-state index contributed by atoms with van der Waals surface area (Å²) in [7, 11) is 0. The normalized spacial score (nSPS) is 10.8. The van der Waals surface area contributed by atoms with E-state index in [4.69, 9.17) is 0 Å². The summed E-state index contributed by atoms with van der Waals surface area (Å²) in [6.07, 6.45) is 4.90.